The zero-order chi connectivity index (χ0) is 13.2. The average Bonchev–Trinajstić information content (AvgIpc) is 2.55. The molecule has 0 aliphatic rings. The maximum atomic E-state index is 11.6. The normalized spacial score (nSPS) is 11.3. The van der Waals surface area contributed by atoms with Gasteiger partial charge in [0, 0.05) is 11.4 Å². The summed E-state index contributed by atoms with van der Waals surface area (Å²) in [4.78, 5) is 26.6. The van der Waals surface area contributed by atoms with Crippen molar-refractivity contribution in [2.45, 2.75) is 26.4 Å². The van der Waals surface area contributed by atoms with Crippen molar-refractivity contribution >= 4 is 23.2 Å². The number of carbonyl (C=O) groups is 2. The second-order valence-corrected chi connectivity index (χ2v) is 5.43. The molecule has 1 aromatic heterocycles. The van der Waals surface area contributed by atoms with E-state index in [-0.39, 0.29) is 17.2 Å². The van der Waals surface area contributed by atoms with E-state index in [1.165, 1.54) is 0 Å². The molecule has 0 radical (unpaired) electrons. The molecule has 94 valence electrons. The van der Waals surface area contributed by atoms with E-state index in [1.807, 2.05) is 0 Å². The molecular formula is C10H14N2O4S. The Kier molecular flexibility index (Phi) is 3.84. The van der Waals surface area contributed by atoms with Crippen molar-refractivity contribution in [2.75, 3.05) is 6.54 Å². The van der Waals surface area contributed by atoms with Gasteiger partial charge in [-0.3, -0.25) is 4.79 Å². The van der Waals surface area contributed by atoms with Crippen LogP contribution in [0, 0.1) is 6.92 Å². The molecule has 0 aliphatic heterocycles. The Balaban J connectivity index is 2.77. The number of carboxylic acids is 1. The molecule has 1 aromatic rings. The fraction of sp³-hybridized carbons (Fsp3) is 0.500. The smallest absolute Gasteiger partial charge is 0.355 e. The maximum Gasteiger partial charge on any atom is 0.355 e. The van der Waals surface area contributed by atoms with Crippen LogP contribution in [0.15, 0.2) is 0 Å². The van der Waals surface area contributed by atoms with Crippen molar-refractivity contribution < 1.29 is 19.8 Å². The standard InChI is InChI=1S/C10H14N2O4S/c1-5-6(9(14)15)12-8(17-5)7(13)11-4-10(2,3)16/h16H,4H2,1-3H3,(H,11,13)(H,14,15). The van der Waals surface area contributed by atoms with Crippen LogP contribution < -0.4 is 5.32 Å². The molecule has 1 rings (SSSR count). The Bertz CT molecular complexity index is 448. The molecule has 1 heterocycles. The van der Waals surface area contributed by atoms with E-state index in [0.29, 0.717) is 4.88 Å². The minimum Gasteiger partial charge on any atom is -0.476 e. The molecule has 1 amide bonds. The van der Waals surface area contributed by atoms with Gasteiger partial charge in [-0.1, -0.05) is 0 Å². The van der Waals surface area contributed by atoms with Crippen LogP contribution in [-0.2, 0) is 0 Å². The largest absolute Gasteiger partial charge is 0.476 e. The second kappa shape index (κ2) is 4.80. The quantitative estimate of drug-likeness (QED) is 0.736. The third-order valence-corrected chi connectivity index (χ3v) is 2.84. The Morgan fingerprint density at radius 1 is 1.47 bits per heavy atom. The highest BCUT2D eigenvalue weighted by molar-refractivity contribution is 7.13. The first kappa shape index (κ1) is 13.6. The highest BCUT2D eigenvalue weighted by atomic mass is 32.1. The topological polar surface area (TPSA) is 99.5 Å². The first-order chi connectivity index (χ1) is 7.70. The minimum atomic E-state index is -1.15. The summed E-state index contributed by atoms with van der Waals surface area (Å²) in [5, 5.41) is 20.8. The van der Waals surface area contributed by atoms with Gasteiger partial charge < -0.3 is 15.5 Å². The van der Waals surface area contributed by atoms with Crippen molar-refractivity contribution in [3.05, 3.63) is 15.6 Å². The SMILES string of the molecule is Cc1sc(C(=O)NCC(C)(C)O)nc1C(=O)O. The Labute approximate surface area is 102 Å². The van der Waals surface area contributed by atoms with Gasteiger partial charge in [0.2, 0.25) is 0 Å². The minimum absolute atomic E-state index is 0.0763. The predicted molar refractivity (Wildman–Crippen MR) is 62.4 cm³/mol. The van der Waals surface area contributed by atoms with E-state index in [9.17, 15) is 14.7 Å². The number of nitrogens with zero attached hydrogens (tertiary/aromatic N) is 1. The van der Waals surface area contributed by atoms with Gasteiger partial charge in [-0.15, -0.1) is 11.3 Å². The molecular weight excluding hydrogens is 244 g/mol. The summed E-state index contributed by atoms with van der Waals surface area (Å²) in [6, 6.07) is 0. The average molecular weight is 258 g/mol. The molecule has 0 saturated carbocycles. The lowest BCUT2D eigenvalue weighted by atomic mass is 10.1. The Morgan fingerprint density at radius 3 is 2.47 bits per heavy atom. The van der Waals surface area contributed by atoms with E-state index >= 15 is 0 Å². The molecule has 17 heavy (non-hydrogen) atoms. The van der Waals surface area contributed by atoms with Gasteiger partial charge in [-0.2, -0.15) is 0 Å². The summed E-state index contributed by atoms with van der Waals surface area (Å²) >= 11 is 1.02. The third-order valence-electron chi connectivity index (χ3n) is 1.87. The highest BCUT2D eigenvalue weighted by Crippen LogP contribution is 2.17. The van der Waals surface area contributed by atoms with Gasteiger partial charge in [-0.05, 0) is 20.8 Å². The Hall–Kier alpha value is -1.47. The highest BCUT2D eigenvalue weighted by Gasteiger charge is 2.20. The number of rotatable bonds is 4. The zero-order valence-corrected chi connectivity index (χ0v) is 10.6. The number of aryl methyl sites for hydroxylation is 1. The lowest BCUT2D eigenvalue weighted by Crippen LogP contribution is -2.38. The van der Waals surface area contributed by atoms with Crippen LogP contribution in [0.1, 0.15) is 39.0 Å². The van der Waals surface area contributed by atoms with Crippen LogP contribution in [0.4, 0.5) is 0 Å². The molecule has 7 heteroatoms. The molecule has 0 aliphatic carbocycles. The molecule has 0 bridgehead atoms. The number of aliphatic hydroxyl groups is 1. The van der Waals surface area contributed by atoms with E-state index in [2.05, 4.69) is 10.3 Å². The summed E-state index contributed by atoms with van der Waals surface area (Å²) in [6.07, 6.45) is 0. The number of carbonyl (C=O) groups excluding carboxylic acids is 1. The summed E-state index contributed by atoms with van der Waals surface area (Å²) in [5.41, 5.74) is -1.12. The van der Waals surface area contributed by atoms with Gasteiger partial charge in [0.15, 0.2) is 10.7 Å². The van der Waals surface area contributed by atoms with Gasteiger partial charge in [-0.25, -0.2) is 9.78 Å². The number of aromatic nitrogens is 1. The van der Waals surface area contributed by atoms with Crippen LogP contribution in [0.2, 0.25) is 0 Å². The molecule has 0 atom stereocenters. The molecule has 0 aromatic carbocycles. The van der Waals surface area contributed by atoms with Crippen LogP contribution in [-0.4, -0.2) is 39.2 Å². The summed E-state index contributed by atoms with van der Waals surface area (Å²) in [7, 11) is 0. The molecule has 0 spiro atoms. The lowest BCUT2D eigenvalue weighted by molar-refractivity contribution is 0.0683. The second-order valence-electron chi connectivity index (χ2n) is 4.22. The third kappa shape index (κ3) is 3.79. The molecule has 6 nitrogen and oxygen atoms in total. The number of hydrogen-bond donors (Lipinski definition) is 3. The lowest BCUT2D eigenvalue weighted by Gasteiger charge is -2.16. The number of nitrogens with one attached hydrogen (secondary N) is 1. The van der Waals surface area contributed by atoms with Crippen LogP contribution >= 0.6 is 11.3 Å². The van der Waals surface area contributed by atoms with Gasteiger partial charge >= 0.3 is 5.97 Å². The van der Waals surface area contributed by atoms with Crippen LogP contribution in [0.3, 0.4) is 0 Å². The van der Waals surface area contributed by atoms with Crippen molar-refractivity contribution in [1.29, 1.82) is 0 Å². The monoisotopic (exact) mass is 258 g/mol. The maximum absolute atomic E-state index is 11.6. The van der Waals surface area contributed by atoms with Gasteiger partial charge in [0.25, 0.3) is 5.91 Å². The first-order valence-corrected chi connectivity index (χ1v) is 5.73. The van der Waals surface area contributed by atoms with Crippen LogP contribution in [0.5, 0.6) is 0 Å². The summed E-state index contributed by atoms with van der Waals surface area (Å²) in [6.45, 7) is 4.78. The van der Waals surface area contributed by atoms with E-state index in [1.54, 1.807) is 20.8 Å². The summed E-state index contributed by atoms with van der Waals surface area (Å²) < 4.78 is 0. The molecule has 0 fully saturated rings. The van der Waals surface area contributed by atoms with E-state index in [0.717, 1.165) is 11.3 Å². The predicted octanol–water partition coefficient (Wildman–Crippen LogP) is 0.650. The molecule has 3 N–H and O–H groups in total. The fourth-order valence-electron chi connectivity index (χ4n) is 1.06. The van der Waals surface area contributed by atoms with Crippen LogP contribution in [0.25, 0.3) is 0 Å². The molecule has 0 unspecified atom stereocenters. The number of carboxylic acid groups (broad SMARTS) is 1. The number of hydrogen-bond acceptors (Lipinski definition) is 5. The van der Waals surface area contributed by atoms with Crippen molar-refractivity contribution in [3.8, 4) is 0 Å². The summed E-state index contributed by atoms with van der Waals surface area (Å²) in [5.74, 6) is -1.63. The fourth-order valence-corrected chi connectivity index (χ4v) is 1.89. The number of thiazole rings is 1. The van der Waals surface area contributed by atoms with Crippen molar-refractivity contribution in [2.24, 2.45) is 0 Å². The zero-order valence-electron chi connectivity index (χ0n) is 9.77. The van der Waals surface area contributed by atoms with Gasteiger partial charge in [0.1, 0.15) is 0 Å². The van der Waals surface area contributed by atoms with E-state index < -0.39 is 17.5 Å². The number of amides is 1. The van der Waals surface area contributed by atoms with Crippen molar-refractivity contribution in [3.63, 3.8) is 0 Å². The van der Waals surface area contributed by atoms with Crippen molar-refractivity contribution in [1.82, 2.24) is 10.3 Å². The Morgan fingerprint density at radius 2 is 2.06 bits per heavy atom. The first-order valence-electron chi connectivity index (χ1n) is 4.92. The molecule has 0 saturated heterocycles. The number of aromatic carboxylic acids is 1. The van der Waals surface area contributed by atoms with E-state index in [4.69, 9.17) is 5.11 Å². The van der Waals surface area contributed by atoms with Gasteiger partial charge in [0.05, 0.1) is 5.60 Å².